The molecule has 1 aromatic rings. The summed E-state index contributed by atoms with van der Waals surface area (Å²) in [6.07, 6.45) is 0. The lowest BCUT2D eigenvalue weighted by atomic mass is 10.1. The Morgan fingerprint density at radius 2 is 2.17 bits per heavy atom. The van der Waals surface area contributed by atoms with Crippen molar-refractivity contribution in [2.45, 2.75) is 6.54 Å². The van der Waals surface area contributed by atoms with Crippen molar-refractivity contribution in [2.24, 2.45) is 0 Å². The smallest absolute Gasteiger partial charge is 0.268 e. The molecular formula is C8H5Cl2NO. The highest BCUT2D eigenvalue weighted by atomic mass is 35.5. The van der Waals surface area contributed by atoms with Crippen molar-refractivity contribution in [1.29, 1.82) is 0 Å². The van der Waals surface area contributed by atoms with Crippen molar-refractivity contribution in [1.82, 2.24) is 4.42 Å². The normalized spacial score (nSPS) is 15.2. The molecule has 1 amide bonds. The van der Waals surface area contributed by atoms with Gasteiger partial charge in [0.2, 0.25) is 0 Å². The molecule has 0 atom stereocenters. The SMILES string of the molecule is O=C1c2c(Cl)cccc2CN1Cl. The summed E-state index contributed by atoms with van der Waals surface area (Å²) in [7, 11) is 0. The largest absolute Gasteiger partial charge is 0.270 e. The molecule has 0 saturated carbocycles. The van der Waals surface area contributed by atoms with Gasteiger partial charge in [-0.2, -0.15) is 0 Å². The summed E-state index contributed by atoms with van der Waals surface area (Å²) >= 11 is 11.4. The van der Waals surface area contributed by atoms with Crippen LogP contribution in [0, 0.1) is 0 Å². The molecule has 0 aliphatic carbocycles. The van der Waals surface area contributed by atoms with Gasteiger partial charge < -0.3 is 0 Å². The van der Waals surface area contributed by atoms with Gasteiger partial charge in [0, 0.05) is 11.8 Å². The zero-order chi connectivity index (χ0) is 8.72. The maximum Gasteiger partial charge on any atom is 0.270 e. The van der Waals surface area contributed by atoms with Gasteiger partial charge in [0.25, 0.3) is 5.91 Å². The number of halogens is 2. The van der Waals surface area contributed by atoms with Crippen molar-refractivity contribution in [3.63, 3.8) is 0 Å². The number of carbonyl (C=O) groups is 1. The maximum atomic E-state index is 11.3. The summed E-state index contributed by atoms with van der Waals surface area (Å²) < 4.78 is 1.14. The molecular weight excluding hydrogens is 197 g/mol. The summed E-state index contributed by atoms with van der Waals surface area (Å²) in [6.45, 7) is 0.441. The Hall–Kier alpha value is -0.730. The van der Waals surface area contributed by atoms with E-state index in [1.165, 1.54) is 0 Å². The highest BCUT2D eigenvalue weighted by Crippen LogP contribution is 2.29. The lowest BCUT2D eigenvalue weighted by Crippen LogP contribution is -2.11. The standard InChI is InChI=1S/C8H5Cl2NO/c9-6-3-1-2-5-4-11(10)8(12)7(5)6/h1-3H,4H2. The van der Waals surface area contributed by atoms with Gasteiger partial charge in [-0.1, -0.05) is 23.7 Å². The third-order valence-corrected chi connectivity index (χ3v) is 2.43. The van der Waals surface area contributed by atoms with Crippen molar-refractivity contribution in [3.05, 3.63) is 34.3 Å². The first kappa shape index (κ1) is 7.90. The van der Waals surface area contributed by atoms with Gasteiger partial charge in [0.15, 0.2) is 0 Å². The molecule has 4 heteroatoms. The first-order valence-corrected chi connectivity index (χ1v) is 4.17. The average molecular weight is 202 g/mol. The van der Waals surface area contributed by atoms with Gasteiger partial charge in [0.05, 0.1) is 17.1 Å². The van der Waals surface area contributed by atoms with Gasteiger partial charge in [-0.25, -0.2) is 4.42 Å². The highest BCUT2D eigenvalue weighted by Gasteiger charge is 2.27. The molecule has 1 aliphatic rings. The van der Waals surface area contributed by atoms with Crippen LogP contribution in [-0.4, -0.2) is 10.3 Å². The van der Waals surface area contributed by atoms with Crippen molar-refractivity contribution in [3.8, 4) is 0 Å². The molecule has 62 valence electrons. The Kier molecular flexibility index (Phi) is 1.74. The molecule has 2 nitrogen and oxygen atoms in total. The molecule has 0 saturated heterocycles. The van der Waals surface area contributed by atoms with Crippen LogP contribution in [0.2, 0.25) is 5.02 Å². The van der Waals surface area contributed by atoms with Crippen LogP contribution in [0.4, 0.5) is 0 Å². The zero-order valence-electron chi connectivity index (χ0n) is 6.05. The molecule has 0 bridgehead atoms. The third kappa shape index (κ3) is 0.993. The van der Waals surface area contributed by atoms with Crippen molar-refractivity contribution in [2.75, 3.05) is 0 Å². The Labute approximate surface area is 79.8 Å². The molecule has 12 heavy (non-hydrogen) atoms. The molecule has 0 aromatic heterocycles. The van der Waals surface area contributed by atoms with E-state index in [-0.39, 0.29) is 5.91 Å². The zero-order valence-corrected chi connectivity index (χ0v) is 7.56. The number of carbonyl (C=O) groups excluding carboxylic acids is 1. The Morgan fingerprint density at radius 3 is 2.83 bits per heavy atom. The van der Waals surface area contributed by atoms with Crippen LogP contribution in [0.15, 0.2) is 18.2 Å². The topological polar surface area (TPSA) is 20.3 Å². The van der Waals surface area contributed by atoms with E-state index < -0.39 is 0 Å². The summed E-state index contributed by atoms with van der Waals surface area (Å²) in [5, 5.41) is 0.473. The van der Waals surface area contributed by atoms with Crippen LogP contribution >= 0.6 is 23.4 Å². The summed E-state index contributed by atoms with van der Waals surface area (Å²) in [6, 6.07) is 5.35. The molecule has 2 rings (SSSR count). The van der Waals surface area contributed by atoms with Crippen LogP contribution in [0.1, 0.15) is 15.9 Å². The third-order valence-electron chi connectivity index (χ3n) is 1.84. The average Bonchev–Trinajstić information content (AvgIpc) is 2.29. The van der Waals surface area contributed by atoms with E-state index in [4.69, 9.17) is 23.4 Å². The van der Waals surface area contributed by atoms with E-state index >= 15 is 0 Å². The van der Waals surface area contributed by atoms with Crippen LogP contribution < -0.4 is 0 Å². The van der Waals surface area contributed by atoms with Gasteiger partial charge in [0.1, 0.15) is 0 Å². The van der Waals surface area contributed by atoms with Crippen LogP contribution in [0.5, 0.6) is 0 Å². The quantitative estimate of drug-likeness (QED) is 0.591. The Balaban J connectivity index is 2.62. The fraction of sp³-hybridized carbons (Fsp3) is 0.125. The van der Waals surface area contributed by atoms with Gasteiger partial charge in [-0.15, -0.1) is 0 Å². The second-order valence-corrected chi connectivity index (χ2v) is 3.41. The molecule has 0 unspecified atom stereocenters. The maximum absolute atomic E-state index is 11.3. The fourth-order valence-corrected chi connectivity index (χ4v) is 1.77. The molecule has 0 fully saturated rings. The summed E-state index contributed by atoms with van der Waals surface area (Å²) in [4.78, 5) is 11.3. The lowest BCUT2D eigenvalue weighted by molar-refractivity contribution is 0.0881. The molecule has 0 spiro atoms. The molecule has 1 aliphatic heterocycles. The second-order valence-electron chi connectivity index (χ2n) is 2.60. The number of nitrogens with zero attached hydrogens (tertiary/aromatic N) is 1. The minimum atomic E-state index is -0.211. The van der Waals surface area contributed by atoms with E-state index in [1.807, 2.05) is 12.1 Å². The van der Waals surface area contributed by atoms with Gasteiger partial charge >= 0.3 is 0 Å². The summed E-state index contributed by atoms with van der Waals surface area (Å²) in [5.74, 6) is -0.211. The van der Waals surface area contributed by atoms with Gasteiger partial charge in [-0.3, -0.25) is 4.79 Å². The number of amides is 1. The van der Waals surface area contributed by atoms with E-state index in [9.17, 15) is 4.79 Å². The number of rotatable bonds is 0. The van der Waals surface area contributed by atoms with Crippen LogP contribution in [-0.2, 0) is 6.54 Å². The number of hydrogen-bond donors (Lipinski definition) is 0. The molecule has 0 radical (unpaired) electrons. The predicted molar refractivity (Wildman–Crippen MR) is 47.2 cm³/mol. The van der Waals surface area contributed by atoms with E-state index in [2.05, 4.69) is 0 Å². The van der Waals surface area contributed by atoms with E-state index in [0.717, 1.165) is 9.98 Å². The van der Waals surface area contributed by atoms with E-state index in [0.29, 0.717) is 17.1 Å². The Bertz CT molecular complexity index is 351. The summed E-state index contributed by atoms with van der Waals surface area (Å²) in [5.41, 5.74) is 1.43. The second kappa shape index (κ2) is 2.64. The van der Waals surface area contributed by atoms with Crippen molar-refractivity contribution < 1.29 is 4.79 Å². The van der Waals surface area contributed by atoms with E-state index in [1.54, 1.807) is 6.07 Å². The monoisotopic (exact) mass is 201 g/mol. The number of hydrogen-bond acceptors (Lipinski definition) is 1. The first-order valence-electron chi connectivity index (χ1n) is 3.45. The highest BCUT2D eigenvalue weighted by molar-refractivity contribution is 6.36. The minimum absolute atomic E-state index is 0.211. The Morgan fingerprint density at radius 1 is 1.42 bits per heavy atom. The fourth-order valence-electron chi connectivity index (χ4n) is 1.28. The molecule has 1 heterocycles. The van der Waals surface area contributed by atoms with Gasteiger partial charge in [-0.05, 0) is 11.6 Å². The lowest BCUT2D eigenvalue weighted by Gasteiger charge is -2.00. The van der Waals surface area contributed by atoms with Crippen LogP contribution in [0.25, 0.3) is 0 Å². The first-order chi connectivity index (χ1) is 5.70. The minimum Gasteiger partial charge on any atom is -0.268 e. The number of benzene rings is 1. The number of fused-ring (bicyclic) bond motifs is 1. The molecule has 0 N–H and O–H groups in total. The molecule has 1 aromatic carbocycles. The van der Waals surface area contributed by atoms with Crippen molar-refractivity contribution >= 4 is 29.3 Å². The van der Waals surface area contributed by atoms with Crippen LogP contribution in [0.3, 0.4) is 0 Å². The predicted octanol–water partition coefficient (Wildman–Crippen LogP) is 2.45.